The molecule has 1 fully saturated rings. The van der Waals surface area contributed by atoms with Crippen molar-refractivity contribution in [1.82, 2.24) is 15.2 Å². The van der Waals surface area contributed by atoms with Gasteiger partial charge < -0.3 is 16.0 Å². The normalized spacial score (nSPS) is 17.4. The van der Waals surface area contributed by atoms with E-state index in [9.17, 15) is 4.79 Å². The molecule has 0 aliphatic carbocycles. The fourth-order valence-electron chi connectivity index (χ4n) is 2.33. The number of aromatic nitrogens is 1. The van der Waals surface area contributed by atoms with Crippen LogP contribution in [-0.4, -0.2) is 41.5 Å². The van der Waals surface area contributed by atoms with Crippen LogP contribution in [0.1, 0.15) is 30.1 Å². The molecule has 1 aliphatic heterocycles. The number of pyridine rings is 1. The zero-order valence-corrected chi connectivity index (χ0v) is 12.6. The second-order valence-corrected chi connectivity index (χ2v) is 5.88. The highest BCUT2D eigenvalue weighted by atomic mass is 79.9. The Morgan fingerprint density at radius 1 is 1.58 bits per heavy atom. The summed E-state index contributed by atoms with van der Waals surface area (Å²) < 4.78 is 0.749. The number of rotatable bonds is 4. The summed E-state index contributed by atoms with van der Waals surface area (Å²) in [6, 6.07) is 1.80. The molecule has 3 N–H and O–H groups in total. The second kappa shape index (κ2) is 6.34. The van der Waals surface area contributed by atoms with Crippen LogP contribution in [0.15, 0.2) is 16.7 Å². The summed E-state index contributed by atoms with van der Waals surface area (Å²) >= 11 is 3.30. The van der Waals surface area contributed by atoms with Crippen molar-refractivity contribution in [2.24, 2.45) is 0 Å². The number of nitrogens with two attached hydrogens (primary N) is 1. The molecule has 1 saturated heterocycles. The molecule has 1 amide bonds. The molecule has 104 valence electrons. The van der Waals surface area contributed by atoms with Crippen molar-refractivity contribution in [2.75, 3.05) is 25.4 Å². The van der Waals surface area contributed by atoms with E-state index in [-0.39, 0.29) is 17.8 Å². The minimum atomic E-state index is -0.169. The summed E-state index contributed by atoms with van der Waals surface area (Å²) in [6.45, 7) is 5.15. The highest BCUT2D eigenvalue weighted by Gasteiger charge is 2.18. The molecule has 6 heteroatoms. The Balaban J connectivity index is 1.94. The highest BCUT2D eigenvalue weighted by molar-refractivity contribution is 9.10. The van der Waals surface area contributed by atoms with Crippen molar-refractivity contribution in [3.05, 3.63) is 22.3 Å². The van der Waals surface area contributed by atoms with E-state index in [1.807, 2.05) is 6.92 Å². The Labute approximate surface area is 121 Å². The van der Waals surface area contributed by atoms with Crippen molar-refractivity contribution in [1.29, 1.82) is 0 Å². The topological polar surface area (TPSA) is 71.2 Å². The molecule has 1 aliphatic rings. The van der Waals surface area contributed by atoms with Crippen LogP contribution in [0.2, 0.25) is 0 Å². The van der Waals surface area contributed by atoms with E-state index in [4.69, 9.17) is 5.73 Å². The van der Waals surface area contributed by atoms with Crippen LogP contribution in [0, 0.1) is 0 Å². The first-order chi connectivity index (χ1) is 9.06. The molecule has 2 heterocycles. The summed E-state index contributed by atoms with van der Waals surface area (Å²) in [4.78, 5) is 18.5. The van der Waals surface area contributed by atoms with Gasteiger partial charge in [-0.3, -0.25) is 4.79 Å². The Kier molecular flexibility index (Phi) is 4.76. The van der Waals surface area contributed by atoms with E-state index in [1.54, 1.807) is 12.3 Å². The van der Waals surface area contributed by atoms with Gasteiger partial charge in [-0.05, 0) is 54.9 Å². The fraction of sp³-hybridized carbons (Fsp3) is 0.538. The number of nitrogen functional groups attached to an aromatic ring is 1. The van der Waals surface area contributed by atoms with Crippen molar-refractivity contribution >= 4 is 27.7 Å². The number of hydrogen-bond donors (Lipinski definition) is 2. The predicted octanol–water partition coefficient (Wildman–Crippen LogP) is 1.64. The van der Waals surface area contributed by atoms with Crippen molar-refractivity contribution in [3.63, 3.8) is 0 Å². The molecule has 1 aromatic rings. The number of hydrogen-bond acceptors (Lipinski definition) is 4. The van der Waals surface area contributed by atoms with E-state index >= 15 is 0 Å². The zero-order chi connectivity index (χ0) is 13.8. The minimum Gasteiger partial charge on any atom is -0.383 e. The molecule has 1 unspecified atom stereocenters. The summed E-state index contributed by atoms with van der Waals surface area (Å²) in [5.74, 6) is 0.0899. The lowest BCUT2D eigenvalue weighted by atomic mass is 10.2. The lowest BCUT2D eigenvalue weighted by Gasteiger charge is -2.21. The van der Waals surface area contributed by atoms with Crippen molar-refractivity contribution < 1.29 is 4.79 Å². The molecule has 0 radical (unpaired) electrons. The monoisotopic (exact) mass is 326 g/mol. The number of halogens is 1. The molecule has 1 atom stereocenters. The van der Waals surface area contributed by atoms with Gasteiger partial charge in [-0.1, -0.05) is 0 Å². The van der Waals surface area contributed by atoms with Crippen LogP contribution in [0.25, 0.3) is 0 Å². The highest BCUT2D eigenvalue weighted by Crippen LogP contribution is 2.15. The summed E-state index contributed by atoms with van der Waals surface area (Å²) in [6.07, 6.45) is 4.09. The first-order valence-corrected chi connectivity index (χ1v) is 7.30. The zero-order valence-electron chi connectivity index (χ0n) is 11.0. The standard InChI is InChI=1S/C13H19BrN4O/c1-9(8-18-4-2-3-5-18)17-13(19)11-6-10(14)7-16-12(11)15/h6-7,9H,2-5,8H2,1H3,(H2,15,16)(H,17,19). The molecular formula is C13H19BrN4O. The second-order valence-electron chi connectivity index (χ2n) is 4.97. The molecule has 1 aromatic heterocycles. The maximum Gasteiger partial charge on any atom is 0.255 e. The van der Waals surface area contributed by atoms with Crippen molar-refractivity contribution in [2.45, 2.75) is 25.8 Å². The molecule has 0 spiro atoms. The number of nitrogens with one attached hydrogen (secondary N) is 1. The van der Waals surface area contributed by atoms with Gasteiger partial charge in [0.15, 0.2) is 0 Å². The van der Waals surface area contributed by atoms with Gasteiger partial charge in [0.25, 0.3) is 5.91 Å². The Bertz CT molecular complexity index is 460. The number of likely N-dealkylation sites (tertiary alicyclic amines) is 1. The van der Waals surface area contributed by atoms with Crippen LogP contribution < -0.4 is 11.1 Å². The first-order valence-electron chi connectivity index (χ1n) is 6.50. The van der Waals surface area contributed by atoms with Gasteiger partial charge in [0.2, 0.25) is 0 Å². The molecule has 2 rings (SSSR count). The SMILES string of the molecule is CC(CN1CCCC1)NC(=O)c1cc(Br)cnc1N. The number of nitrogens with zero attached hydrogens (tertiary/aromatic N) is 2. The molecule has 0 bridgehead atoms. The third-order valence-corrected chi connectivity index (χ3v) is 3.67. The van der Waals surface area contributed by atoms with Gasteiger partial charge in [-0.25, -0.2) is 4.98 Å². The van der Waals surface area contributed by atoms with Crippen LogP contribution in [-0.2, 0) is 0 Å². The van der Waals surface area contributed by atoms with Gasteiger partial charge in [0, 0.05) is 23.3 Å². The maximum atomic E-state index is 12.1. The molecular weight excluding hydrogens is 308 g/mol. The molecule has 5 nitrogen and oxygen atoms in total. The fourth-order valence-corrected chi connectivity index (χ4v) is 2.66. The maximum absolute atomic E-state index is 12.1. The van der Waals surface area contributed by atoms with Crippen LogP contribution in [0.3, 0.4) is 0 Å². The average molecular weight is 327 g/mol. The summed E-state index contributed by atoms with van der Waals surface area (Å²) in [5.41, 5.74) is 6.15. The smallest absolute Gasteiger partial charge is 0.255 e. The van der Waals surface area contributed by atoms with Gasteiger partial charge in [0.05, 0.1) is 5.56 Å². The first kappa shape index (κ1) is 14.3. The van der Waals surface area contributed by atoms with E-state index in [0.717, 1.165) is 24.1 Å². The van der Waals surface area contributed by atoms with Crippen LogP contribution in [0.4, 0.5) is 5.82 Å². The van der Waals surface area contributed by atoms with Crippen LogP contribution in [0.5, 0.6) is 0 Å². The molecule has 0 aromatic carbocycles. The number of carbonyl (C=O) groups excluding carboxylic acids is 1. The Hall–Kier alpha value is -1.14. The largest absolute Gasteiger partial charge is 0.383 e. The van der Waals surface area contributed by atoms with Gasteiger partial charge in [0.1, 0.15) is 5.82 Å². The predicted molar refractivity (Wildman–Crippen MR) is 79.0 cm³/mol. The number of amides is 1. The van der Waals surface area contributed by atoms with Crippen LogP contribution >= 0.6 is 15.9 Å². The molecule has 19 heavy (non-hydrogen) atoms. The lowest BCUT2D eigenvalue weighted by molar-refractivity contribution is 0.0932. The van der Waals surface area contributed by atoms with Crippen molar-refractivity contribution in [3.8, 4) is 0 Å². The van der Waals surface area contributed by atoms with Gasteiger partial charge in [-0.15, -0.1) is 0 Å². The number of anilines is 1. The van der Waals surface area contributed by atoms with Gasteiger partial charge in [-0.2, -0.15) is 0 Å². The van der Waals surface area contributed by atoms with Gasteiger partial charge >= 0.3 is 0 Å². The summed E-state index contributed by atoms with van der Waals surface area (Å²) in [7, 11) is 0. The average Bonchev–Trinajstić information content (AvgIpc) is 2.84. The Morgan fingerprint density at radius 2 is 2.26 bits per heavy atom. The van der Waals surface area contributed by atoms with E-state index in [2.05, 4.69) is 31.1 Å². The Morgan fingerprint density at radius 3 is 2.95 bits per heavy atom. The number of carbonyl (C=O) groups is 1. The molecule has 0 saturated carbocycles. The van der Waals surface area contributed by atoms with E-state index < -0.39 is 0 Å². The third kappa shape index (κ3) is 3.91. The lowest BCUT2D eigenvalue weighted by Crippen LogP contribution is -2.41. The quantitative estimate of drug-likeness (QED) is 0.882. The minimum absolute atomic E-state index is 0.101. The third-order valence-electron chi connectivity index (χ3n) is 3.24. The summed E-state index contributed by atoms with van der Waals surface area (Å²) in [5, 5.41) is 2.97. The van der Waals surface area contributed by atoms with E-state index in [1.165, 1.54) is 12.8 Å². The van der Waals surface area contributed by atoms with E-state index in [0.29, 0.717) is 5.56 Å².